The van der Waals surface area contributed by atoms with Gasteiger partial charge in [0.25, 0.3) is 0 Å². The molecule has 2 bridgehead atoms. The van der Waals surface area contributed by atoms with Gasteiger partial charge in [-0.2, -0.15) is 0 Å². The average Bonchev–Trinajstić information content (AvgIpc) is 3.14. The van der Waals surface area contributed by atoms with Crippen LogP contribution < -0.4 is 14.8 Å². The van der Waals surface area contributed by atoms with Crippen LogP contribution in [0.5, 0.6) is 11.5 Å². The van der Waals surface area contributed by atoms with Gasteiger partial charge in [0.05, 0.1) is 0 Å². The minimum absolute atomic E-state index is 0.245. The van der Waals surface area contributed by atoms with Crippen molar-refractivity contribution in [1.82, 2.24) is 10.2 Å². The molecule has 0 unspecified atom stereocenters. The highest BCUT2D eigenvalue weighted by atomic mass is 16.6. The molecule has 186 valence electrons. The summed E-state index contributed by atoms with van der Waals surface area (Å²) in [7, 11) is 2.17. The minimum Gasteiger partial charge on any atom is -0.481 e. The third-order valence-corrected chi connectivity index (χ3v) is 7.52. The molecule has 34 heavy (non-hydrogen) atoms. The van der Waals surface area contributed by atoms with Crippen molar-refractivity contribution in [2.45, 2.75) is 77.0 Å². The van der Waals surface area contributed by atoms with E-state index >= 15 is 0 Å². The molecule has 2 heterocycles. The molecule has 7 nitrogen and oxygen atoms in total. The van der Waals surface area contributed by atoms with Gasteiger partial charge in [0, 0.05) is 36.8 Å². The molecule has 1 N–H and O–H groups in total. The van der Waals surface area contributed by atoms with Crippen molar-refractivity contribution in [2.24, 2.45) is 5.92 Å². The highest BCUT2D eigenvalue weighted by Crippen LogP contribution is 2.62. The number of ether oxygens (including phenoxy) is 3. The van der Waals surface area contributed by atoms with Crippen LogP contribution in [0, 0.1) is 5.92 Å². The Balaban J connectivity index is 0.000000344. The Morgan fingerprint density at radius 3 is 2.53 bits per heavy atom. The molecule has 0 radical (unpaired) electrons. The second kappa shape index (κ2) is 10.1. The van der Waals surface area contributed by atoms with Crippen LogP contribution in [0.2, 0.25) is 0 Å². The first-order valence-electron chi connectivity index (χ1n) is 12.6. The van der Waals surface area contributed by atoms with Gasteiger partial charge in [0.15, 0.2) is 17.6 Å². The Kier molecular flexibility index (Phi) is 7.33. The van der Waals surface area contributed by atoms with Crippen LogP contribution in [0.1, 0.15) is 58.1 Å². The van der Waals surface area contributed by atoms with Crippen molar-refractivity contribution in [3.63, 3.8) is 0 Å². The number of nitrogens with zero attached hydrogens (tertiary/aromatic N) is 1. The van der Waals surface area contributed by atoms with Crippen LogP contribution >= 0.6 is 0 Å². The number of benzene rings is 1. The third-order valence-electron chi connectivity index (χ3n) is 7.52. The van der Waals surface area contributed by atoms with Crippen molar-refractivity contribution < 1.29 is 23.8 Å². The summed E-state index contributed by atoms with van der Waals surface area (Å²) < 4.78 is 17.5. The molecule has 1 spiro atoms. The van der Waals surface area contributed by atoms with E-state index in [-0.39, 0.29) is 29.4 Å². The van der Waals surface area contributed by atoms with Crippen LogP contribution in [-0.2, 0) is 26.2 Å². The monoisotopic (exact) mass is 470 g/mol. The number of hydrogen-bond acceptors (Lipinski definition) is 7. The summed E-state index contributed by atoms with van der Waals surface area (Å²) in [6, 6.07) is 4.28. The summed E-state index contributed by atoms with van der Waals surface area (Å²) in [5, 5.41) is 3.28. The smallest absolute Gasteiger partial charge is 0.308 e. The maximum atomic E-state index is 11.7. The van der Waals surface area contributed by atoms with Crippen LogP contribution in [0.4, 0.5) is 0 Å². The number of hydrogen-bond donors (Lipinski definition) is 1. The number of carbonyl (C=O) groups is 2. The summed E-state index contributed by atoms with van der Waals surface area (Å²) in [6.07, 6.45) is 7.81. The van der Waals surface area contributed by atoms with Gasteiger partial charge in [-0.05, 0) is 70.1 Å². The third kappa shape index (κ3) is 4.24. The lowest BCUT2D eigenvalue weighted by Crippen LogP contribution is -2.65. The molecule has 4 aliphatic rings. The number of nitrogens with one attached hydrogen (secondary N) is 1. The molecular formula is C27H38N2O5. The van der Waals surface area contributed by atoms with Gasteiger partial charge in [-0.1, -0.05) is 26.0 Å². The van der Waals surface area contributed by atoms with E-state index < -0.39 is 6.10 Å². The van der Waals surface area contributed by atoms with E-state index in [4.69, 9.17) is 14.2 Å². The van der Waals surface area contributed by atoms with Gasteiger partial charge in [-0.25, -0.2) is 0 Å². The zero-order chi connectivity index (χ0) is 24.5. The van der Waals surface area contributed by atoms with E-state index in [9.17, 15) is 9.59 Å². The normalized spacial score (nSPS) is 29.9. The summed E-state index contributed by atoms with van der Waals surface area (Å²) in [5.74, 6) is 0.712. The van der Waals surface area contributed by atoms with Gasteiger partial charge >= 0.3 is 11.9 Å². The fraction of sp³-hybridized carbons (Fsp3) is 0.630. The first-order valence-corrected chi connectivity index (χ1v) is 12.6. The van der Waals surface area contributed by atoms with Gasteiger partial charge in [0.1, 0.15) is 6.10 Å². The molecule has 7 heteroatoms. The molecule has 0 amide bonds. The Bertz CT molecular complexity index is 957. The van der Waals surface area contributed by atoms with E-state index in [0.717, 1.165) is 24.9 Å². The molecule has 2 aliphatic carbocycles. The zero-order valence-corrected chi connectivity index (χ0v) is 21.1. The molecule has 5 atom stereocenters. The molecule has 0 saturated carbocycles. The molecule has 1 fully saturated rings. The van der Waals surface area contributed by atoms with E-state index in [1.54, 1.807) is 0 Å². The van der Waals surface area contributed by atoms with Gasteiger partial charge in [-0.3, -0.25) is 9.59 Å². The number of likely N-dealkylation sites (N-methyl/N-ethyl adjacent to an activating group) is 1. The van der Waals surface area contributed by atoms with E-state index in [0.29, 0.717) is 17.5 Å². The van der Waals surface area contributed by atoms with Gasteiger partial charge in [0.2, 0.25) is 0 Å². The van der Waals surface area contributed by atoms with Gasteiger partial charge in [-0.15, -0.1) is 0 Å². The molecule has 1 aromatic carbocycles. The van der Waals surface area contributed by atoms with E-state index in [1.165, 1.54) is 45.3 Å². The molecular weight excluding hydrogens is 432 g/mol. The molecule has 5 rings (SSSR count). The lowest BCUT2D eigenvalue weighted by atomic mass is 9.53. The highest BCUT2D eigenvalue weighted by molar-refractivity contribution is 5.73. The topological polar surface area (TPSA) is 77.1 Å². The maximum absolute atomic E-state index is 11.7. The number of piperidine rings is 1. The van der Waals surface area contributed by atoms with Crippen molar-refractivity contribution in [1.29, 1.82) is 0 Å². The van der Waals surface area contributed by atoms with Crippen molar-refractivity contribution >= 4 is 11.9 Å². The minimum atomic E-state index is -0.439. The second-order valence-corrected chi connectivity index (χ2v) is 9.84. The Morgan fingerprint density at radius 2 is 1.88 bits per heavy atom. The van der Waals surface area contributed by atoms with Crippen LogP contribution in [-0.4, -0.2) is 61.8 Å². The molecule has 1 aromatic rings. The standard InChI is InChI=1S/C21H23NO5.C6H15N/c1-11(23)25-16-6-4-13-10-15-14-5-7-17(26-12(2)24)20-21(14,8-9-22(15)3)18(13)19(16)27-20;1-3-5-7-6-4-2/h4-7,14-15,17,20H,8-10H2,1-3H3;7H,3-6H2,1-2H3/t14-,15+,17-,20-,21-;/m0./s1. The second-order valence-electron chi connectivity index (χ2n) is 9.84. The largest absolute Gasteiger partial charge is 0.481 e. The number of rotatable bonds is 6. The van der Waals surface area contributed by atoms with Crippen LogP contribution in [0.25, 0.3) is 0 Å². The fourth-order valence-electron chi connectivity index (χ4n) is 6.22. The average molecular weight is 471 g/mol. The number of carbonyl (C=O) groups excluding carboxylic acids is 2. The van der Waals surface area contributed by atoms with Crippen molar-refractivity contribution in [3.8, 4) is 11.5 Å². The van der Waals surface area contributed by atoms with Crippen molar-refractivity contribution in [3.05, 3.63) is 35.4 Å². The lowest BCUT2D eigenvalue weighted by molar-refractivity contribution is -0.152. The predicted molar refractivity (Wildman–Crippen MR) is 130 cm³/mol. The Labute approximate surface area is 202 Å². The summed E-state index contributed by atoms with van der Waals surface area (Å²) in [4.78, 5) is 25.7. The zero-order valence-electron chi connectivity index (χ0n) is 21.1. The lowest BCUT2D eigenvalue weighted by Gasteiger charge is -2.56. The van der Waals surface area contributed by atoms with Crippen LogP contribution in [0.3, 0.4) is 0 Å². The van der Waals surface area contributed by atoms with E-state index in [1.807, 2.05) is 12.1 Å². The highest BCUT2D eigenvalue weighted by Gasteiger charge is 2.65. The van der Waals surface area contributed by atoms with Crippen LogP contribution in [0.15, 0.2) is 24.3 Å². The Morgan fingerprint density at radius 1 is 1.15 bits per heavy atom. The van der Waals surface area contributed by atoms with Gasteiger partial charge < -0.3 is 24.4 Å². The maximum Gasteiger partial charge on any atom is 0.308 e. The summed E-state index contributed by atoms with van der Waals surface area (Å²) in [5.41, 5.74) is 2.15. The van der Waals surface area contributed by atoms with E-state index in [2.05, 4.69) is 43.3 Å². The summed E-state index contributed by atoms with van der Waals surface area (Å²) in [6.45, 7) is 10.5. The fourth-order valence-corrected chi connectivity index (χ4v) is 6.22. The first-order chi connectivity index (χ1) is 16.3. The summed E-state index contributed by atoms with van der Waals surface area (Å²) >= 11 is 0. The molecule has 2 aliphatic heterocycles. The quantitative estimate of drug-likeness (QED) is 0.296. The molecule has 1 saturated heterocycles. The molecule has 0 aromatic heterocycles. The Hall–Kier alpha value is -2.38. The number of esters is 2. The predicted octanol–water partition coefficient (Wildman–Crippen LogP) is 3.38. The first kappa shape index (κ1) is 24.7. The SMILES string of the molecule is CC(=O)Oc1ccc2c3c1O[C@H]1[C@@H](OC(C)=O)C=C[C@H]4[C@@H](C2)N(C)CC[C@@]341.CCCNCCC. The van der Waals surface area contributed by atoms with Crippen molar-refractivity contribution in [2.75, 3.05) is 26.7 Å². The number of likely N-dealkylation sites (tertiary alicyclic amines) is 1.